The minimum atomic E-state index is -0.173. The predicted molar refractivity (Wildman–Crippen MR) is 60.0 cm³/mol. The van der Waals surface area contributed by atoms with E-state index in [2.05, 4.69) is 13.1 Å². The van der Waals surface area contributed by atoms with Crippen LogP contribution in [0.2, 0.25) is 0 Å². The van der Waals surface area contributed by atoms with Gasteiger partial charge < -0.3 is 5.73 Å². The van der Waals surface area contributed by atoms with Gasteiger partial charge in [-0.05, 0) is 6.92 Å². The smallest absolute Gasteiger partial charge is 0.100 e. The summed E-state index contributed by atoms with van der Waals surface area (Å²) in [5.41, 5.74) is 6.22. The quantitative estimate of drug-likeness (QED) is 0.616. The predicted octanol–water partition coefficient (Wildman–Crippen LogP) is 1.44. The van der Waals surface area contributed by atoms with Gasteiger partial charge in [0.15, 0.2) is 0 Å². The van der Waals surface area contributed by atoms with Crippen LogP contribution in [0.25, 0.3) is 0 Å². The van der Waals surface area contributed by atoms with Crippen molar-refractivity contribution in [2.45, 2.75) is 13.0 Å². The molecule has 0 bridgehead atoms. The van der Waals surface area contributed by atoms with Crippen molar-refractivity contribution in [1.82, 2.24) is 0 Å². The van der Waals surface area contributed by atoms with E-state index in [0.29, 0.717) is 6.54 Å². The molecule has 4 nitrogen and oxygen atoms in total. The first-order chi connectivity index (χ1) is 5.83. The number of nitrogens with zero attached hydrogens (tertiary/aromatic N) is 3. The minimum Gasteiger partial charge on any atom is -0.328 e. The molecule has 1 rings (SSSR count). The summed E-state index contributed by atoms with van der Waals surface area (Å²) in [5, 5.41) is 0. The second-order valence-corrected chi connectivity index (χ2v) is 4.01. The lowest BCUT2D eigenvalue weighted by Crippen LogP contribution is -2.13. The van der Waals surface area contributed by atoms with Gasteiger partial charge in [0.25, 0.3) is 0 Å². The normalized spacial score (nSPS) is 19.0. The van der Waals surface area contributed by atoms with Gasteiger partial charge in [-0.25, -0.2) is 8.14 Å². The van der Waals surface area contributed by atoms with Gasteiger partial charge in [0.1, 0.15) is 5.70 Å². The highest BCUT2D eigenvalue weighted by atomic mass is 127. The summed E-state index contributed by atoms with van der Waals surface area (Å²) in [7, 11) is 0. The summed E-state index contributed by atoms with van der Waals surface area (Å²) in [6.07, 6.45) is 3.49. The first-order valence-electron chi connectivity index (χ1n) is 3.61. The molecule has 0 aliphatic carbocycles. The SMILES string of the molecule is C[C@@H](CN)N=CC1=CN=IC=N1. The van der Waals surface area contributed by atoms with Crippen LogP contribution in [-0.4, -0.2) is 23.0 Å². The van der Waals surface area contributed by atoms with E-state index in [9.17, 15) is 0 Å². The molecule has 0 fully saturated rings. The van der Waals surface area contributed by atoms with Gasteiger partial charge in [-0.1, -0.05) is 0 Å². The molecule has 0 radical (unpaired) electrons. The standard InChI is InChI=1S/C7H11IN4/c1-6(2-9)10-3-7-4-12-8-5-11-7/h3-6H,2,9H2,1H3/t6-/m0/s1. The van der Waals surface area contributed by atoms with Crippen molar-refractivity contribution >= 4 is 31.5 Å². The monoisotopic (exact) mass is 278 g/mol. The highest BCUT2D eigenvalue weighted by molar-refractivity contribution is 14.2. The maximum absolute atomic E-state index is 5.40. The van der Waals surface area contributed by atoms with Crippen molar-refractivity contribution in [2.24, 2.45) is 18.9 Å². The number of rotatable bonds is 3. The van der Waals surface area contributed by atoms with E-state index in [1.54, 1.807) is 12.4 Å². The van der Waals surface area contributed by atoms with Crippen LogP contribution in [0.1, 0.15) is 6.92 Å². The van der Waals surface area contributed by atoms with Crippen LogP contribution < -0.4 is 5.73 Å². The van der Waals surface area contributed by atoms with Crippen molar-refractivity contribution in [3.63, 3.8) is 0 Å². The van der Waals surface area contributed by atoms with E-state index in [1.165, 1.54) is 0 Å². The average Bonchev–Trinajstić information content (AvgIpc) is 2.16. The maximum atomic E-state index is 5.40. The molecular weight excluding hydrogens is 267 g/mol. The molecule has 1 heterocycles. The van der Waals surface area contributed by atoms with Gasteiger partial charge in [0, 0.05) is 33.8 Å². The summed E-state index contributed by atoms with van der Waals surface area (Å²) in [5.74, 6) is 0. The summed E-state index contributed by atoms with van der Waals surface area (Å²) < 4.78 is 6.01. The molecule has 0 saturated carbocycles. The Labute approximate surface area is 81.8 Å². The van der Waals surface area contributed by atoms with E-state index in [-0.39, 0.29) is 27.1 Å². The molecule has 0 spiro atoms. The lowest BCUT2D eigenvalue weighted by atomic mass is 10.3. The molecule has 1 atom stereocenters. The molecule has 0 aromatic rings. The van der Waals surface area contributed by atoms with Gasteiger partial charge in [-0.3, -0.25) is 4.99 Å². The fraction of sp³-hybridized carbons (Fsp3) is 0.429. The number of allylic oxidation sites excluding steroid dienone is 1. The van der Waals surface area contributed by atoms with Crippen molar-refractivity contribution in [3.05, 3.63) is 11.9 Å². The van der Waals surface area contributed by atoms with E-state index >= 15 is 0 Å². The zero-order chi connectivity index (χ0) is 8.81. The Balaban J connectivity index is 2.51. The summed E-state index contributed by atoms with van der Waals surface area (Å²) >= 11 is -0.173. The topological polar surface area (TPSA) is 63.1 Å². The number of nitrogens with two attached hydrogens (primary N) is 1. The van der Waals surface area contributed by atoms with E-state index in [0.717, 1.165) is 5.70 Å². The van der Waals surface area contributed by atoms with Crippen molar-refractivity contribution in [1.29, 1.82) is 0 Å². The number of hydrogen-bond acceptors (Lipinski definition) is 4. The summed E-state index contributed by atoms with van der Waals surface area (Å²) in [4.78, 5) is 8.32. The molecule has 1 aliphatic rings. The minimum absolute atomic E-state index is 0.165. The third-order valence-electron chi connectivity index (χ3n) is 1.28. The fourth-order valence-electron chi connectivity index (χ4n) is 0.546. The molecule has 2 N–H and O–H groups in total. The molecule has 12 heavy (non-hydrogen) atoms. The maximum Gasteiger partial charge on any atom is 0.100 e. The average molecular weight is 278 g/mol. The van der Waals surface area contributed by atoms with Crippen LogP contribution in [0.5, 0.6) is 0 Å². The largest absolute Gasteiger partial charge is 0.328 e. The van der Waals surface area contributed by atoms with Crippen LogP contribution in [-0.2, 0) is 0 Å². The highest BCUT2D eigenvalue weighted by Crippen LogP contribution is 2.07. The first kappa shape index (κ1) is 9.66. The molecule has 0 saturated heterocycles. The Bertz CT molecular complexity index is 254. The molecule has 0 aromatic carbocycles. The molecule has 1 aliphatic heterocycles. The Kier molecular flexibility index (Phi) is 4.23. The van der Waals surface area contributed by atoms with Gasteiger partial charge in [-0.2, -0.15) is 0 Å². The third kappa shape index (κ3) is 3.31. The zero-order valence-corrected chi connectivity index (χ0v) is 8.97. The van der Waals surface area contributed by atoms with Crippen molar-refractivity contribution in [3.8, 4) is 0 Å². The number of halogens is 1. The zero-order valence-electron chi connectivity index (χ0n) is 6.81. The molecule has 5 heteroatoms. The Hall–Kier alpha value is -0.430. The highest BCUT2D eigenvalue weighted by Gasteiger charge is 1.94. The van der Waals surface area contributed by atoms with Gasteiger partial charge in [-0.15, -0.1) is 0 Å². The van der Waals surface area contributed by atoms with Gasteiger partial charge >= 0.3 is 0 Å². The lowest BCUT2D eigenvalue weighted by Gasteiger charge is -1.99. The second kappa shape index (κ2) is 5.26. The molecule has 0 amide bonds. The van der Waals surface area contributed by atoms with Gasteiger partial charge in [0.05, 0.1) is 16.5 Å². The lowest BCUT2D eigenvalue weighted by molar-refractivity contribution is 0.758. The molecule has 66 valence electrons. The van der Waals surface area contributed by atoms with E-state index in [4.69, 9.17) is 5.73 Å². The van der Waals surface area contributed by atoms with E-state index in [1.807, 2.05) is 11.1 Å². The molecular formula is C7H11IN4. The van der Waals surface area contributed by atoms with Crippen LogP contribution >= 0.6 is 21.0 Å². The van der Waals surface area contributed by atoms with Crippen LogP contribution in [0, 0.1) is 0 Å². The molecule has 0 aromatic heterocycles. The van der Waals surface area contributed by atoms with Crippen LogP contribution in [0.4, 0.5) is 0 Å². The second-order valence-electron chi connectivity index (χ2n) is 2.34. The van der Waals surface area contributed by atoms with Crippen LogP contribution in [0.3, 0.4) is 0 Å². The first-order valence-corrected chi connectivity index (χ1v) is 5.83. The van der Waals surface area contributed by atoms with Crippen molar-refractivity contribution < 1.29 is 0 Å². The number of hydrogen-bond donors (Lipinski definition) is 1. The third-order valence-corrected chi connectivity index (χ3v) is 2.41. The Morgan fingerprint density at radius 2 is 2.67 bits per heavy atom. The van der Waals surface area contributed by atoms with E-state index < -0.39 is 0 Å². The Morgan fingerprint density at radius 3 is 3.25 bits per heavy atom. The van der Waals surface area contributed by atoms with Gasteiger partial charge in [0.2, 0.25) is 0 Å². The summed E-state index contributed by atoms with van der Waals surface area (Å²) in [6.45, 7) is 2.53. The number of aliphatic imine (C=N–C) groups is 2. The fourth-order valence-corrected chi connectivity index (χ4v) is 1.58. The summed E-state index contributed by atoms with van der Waals surface area (Å²) in [6, 6.07) is 0.165. The van der Waals surface area contributed by atoms with Crippen LogP contribution in [0.15, 0.2) is 25.0 Å². The van der Waals surface area contributed by atoms with Crippen molar-refractivity contribution in [2.75, 3.05) is 6.54 Å². The molecule has 0 unspecified atom stereocenters. The Morgan fingerprint density at radius 1 is 1.83 bits per heavy atom.